The van der Waals surface area contributed by atoms with Crippen LogP contribution in [0.3, 0.4) is 0 Å². The summed E-state index contributed by atoms with van der Waals surface area (Å²) in [6, 6.07) is 1.01. The van der Waals surface area contributed by atoms with Crippen LogP contribution in [0.2, 0.25) is 0 Å². The van der Waals surface area contributed by atoms with Crippen LogP contribution in [0.1, 0.15) is 20.3 Å². The van der Waals surface area contributed by atoms with Gasteiger partial charge < -0.3 is 0 Å². The first-order chi connectivity index (χ1) is 8.23. The molecule has 0 amide bonds. The molecule has 18 heavy (non-hydrogen) atoms. The minimum Gasteiger partial charge on any atom is -0.286 e. The molecule has 2 heterocycles. The Kier molecular flexibility index (Phi) is 4.86. The fourth-order valence-electron chi connectivity index (χ4n) is 2.67. The number of hydrogen-bond donors (Lipinski definition) is 1. The van der Waals surface area contributed by atoms with Gasteiger partial charge in [-0.05, 0) is 20.3 Å². The molecule has 0 spiro atoms. The van der Waals surface area contributed by atoms with E-state index in [1.807, 2.05) is 0 Å². The van der Waals surface area contributed by atoms with Crippen LogP contribution in [0.25, 0.3) is 0 Å². The molecule has 0 aromatic rings. The normalized spacial score (nSPS) is 39.2. The van der Waals surface area contributed by atoms with Crippen LogP contribution in [-0.2, 0) is 10.0 Å². The lowest BCUT2D eigenvalue weighted by Crippen LogP contribution is -2.66. The van der Waals surface area contributed by atoms with E-state index in [0.717, 1.165) is 13.1 Å². The van der Waals surface area contributed by atoms with E-state index in [2.05, 4.69) is 68.8 Å². The number of nitrogens with zero attached hydrogens (tertiary/aromatic N) is 2. The third-order valence-corrected chi connectivity index (χ3v) is 8.79. The Hall–Kier alpha value is 1.29. The van der Waals surface area contributed by atoms with Crippen LogP contribution in [0.4, 0.5) is 0 Å². The van der Waals surface area contributed by atoms with Gasteiger partial charge in [0.1, 0.15) is 5.25 Å². The summed E-state index contributed by atoms with van der Waals surface area (Å²) in [5.74, 6) is 0. The molecule has 2 aliphatic rings. The molecule has 0 aromatic heterocycles. The summed E-state index contributed by atoms with van der Waals surface area (Å²) in [6.07, 6.45) is 0.661. The fraction of sp³-hybridized carbons (Fsp3) is 1.00. The van der Waals surface area contributed by atoms with E-state index in [-0.39, 0.29) is 4.05 Å². The zero-order valence-corrected chi connectivity index (χ0v) is 15.6. The second kappa shape index (κ2) is 5.58. The molecule has 106 valence electrons. The number of hydrogen-bond acceptors (Lipinski definition) is 4. The van der Waals surface area contributed by atoms with Crippen molar-refractivity contribution >= 4 is 55.2 Å². The minimum absolute atomic E-state index is 0.00850. The Morgan fingerprint density at radius 1 is 1.28 bits per heavy atom. The molecule has 0 aliphatic carbocycles. The van der Waals surface area contributed by atoms with Gasteiger partial charge >= 0.3 is 0 Å². The van der Waals surface area contributed by atoms with Gasteiger partial charge in [0, 0.05) is 25.2 Å². The summed E-state index contributed by atoms with van der Waals surface area (Å²) >= 11 is 4.69. The maximum absolute atomic E-state index is 11.5. The van der Waals surface area contributed by atoms with E-state index < -0.39 is 15.3 Å². The van der Waals surface area contributed by atoms with Crippen LogP contribution in [0, 0.1) is 0 Å². The quantitative estimate of drug-likeness (QED) is 0.357. The first-order valence-electron chi connectivity index (χ1n) is 6.04. The van der Waals surface area contributed by atoms with Crippen LogP contribution in [0.15, 0.2) is 0 Å². The zero-order valence-electron chi connectivity index (χ0n) is 10.5. The molecular weight excluding hydrogens is 480 g/mol. The number of alkyl halides is 2. The molecule has 0 saturated carbocycles. The molecule has 2 aliphatic heterocycles. The lowest BCUT2D eigenvalue weighted by molar-refractivity contribution is 0.0122. The van der Waals surface area contributed by atoms with Crippen molar-refractivity contribution in [2.24, 2.45) is 5.14 Å². The maximum atomic E-state index is 11.5. The van der Waals surface area contributed by atoms with Crippen LogP contribution in [-0.4, -0.2) is 56.7 Å². The van der Waals surface area contributed by atoms with Crippen molar-refractivity contribution in [1.82, 2.24) is 9.80 Å². The summed E-state index contributed by atoms with van der Waals surface area (Å²) in [7, 11) is -3.41. The van der Waals surface area contributed by atoms with Crippen molar-refractivity contribution in [1.29, 1.82) is 0 Å². The number of halogens is 2. The van der Waals surface area contributed by atoms with Crippen molar-refractivity contribution in [2.45, 2.75) is 45.7 Å². The van der Waals surface area contributed by atoms with Crippen LogP contribution >= 0.6 is 45.2 Å². The van der Waals surface area contributed by atoms with E-state index in [0.29, 0.717) is 22.6 Å². The predicted molar refractivity (Wildman–Crippen MR) is 89.5 cm³/mol. The third-order valence-electron chi connectivity index (χ3n) is 3.84. The molecule has 2 N–H and O–H groups in total. The molecule has 4 unspecified atom stereocenters. The number of likely N-dealkylation sites (tertiary alicyclic amines) is 2. The number of primary sulfonamides is 1. The summed E-state index contributed by atoms with van der Waals surface area (Å²) < 4.78 is 23.5. The standard InChI is InChI=1S/C10H19I2N3O2S/c1-6(2)15-5-7(9(15)11)14-4-3-8(10(14)12)18(13,16)17/h6-10H,3-5H2,1-2H3,(H2,13,16,17). The van der Waals surface area contributed by atoms with E-state index in [4.69, 9.17) is 5.14 Å². The van der Waals surface area contributed by atoms with Gasteiger partial charge in [-0.2, -0.15) is 0 Å². The van der Waals surface area contributed by atoms with Crippen molar-refractivity contribution in [3.05, 3.63) is 0 Å². The highest BCUT2D eigenvalue weighted by molar-refractivity contribution is 14.1. The number of sulfonamides is 1. The molecule has 2 fully saturated rings. The molecular formula is C10H19I2N3O2S. The van der Waals surface area contributed by atoms with Crippen molar-refractivity contribution in [2.75, 3.05) is 13.1 Å². The van der Waals surface area contributed by atoms with E-state index >= 15 is 0 Å². The topological polar surface area (TPSA) is 66.6 Å². The highest BCUT2D eigenvalue weighted by Crippen LogP contribution is 2.37. The molecule has 2 rings (SSSR count). The van der Waals surface area contributed by atoms with E-state index in [1.54, 1.807) is 0 Å². The first kappa shape index (κ1) is 15.7. The fourth-order valence-corrected chi connectivity index (χ4v) is 7.36. The molecule has 2 saturated heterocycles. The van der Waals surface area contributed by atoms with E-state index in [1.165, 1.54) is 0 Å². The summed E-state index contributed by atoms with van der Waals surface area (Å²) in [4.78, 5) is 4.74. The summed E-state index contributed by atoms with van der Waals surface area (Å²) in [6.45, 7) is 6.26. The molecule has 5 nitrogen and oxygen atoms in total. The SMILES string of the molecule is CC(C)N1CC(N2CCC(S(N)(=O)=O)C2I)C1I. The molecule has 4 atom stereocenters. The number of nitrogens with two attached hydrogens (primary N) is 1. The predicted octanol–water partition coefficient (Wildman–Crippen LogP) is 0.964. The van der Waals surface area contributed by atoms with Gasteiger partial charge in [-0.1, -0.05) is 45.2 Å². The molecule has 0 aromatic carbocycles. The molecule has 0 bridgehead atoms. The highest BCUT2D eigenvalue weighted by Gasteiger charge is 2.49. The Balaban J connectivity index is 2.02. The van der Waals surface area contributed by atoms with Gasteiger partial charge in [0.25, 0.3) is 0 Å². The van der Waals surface area contributed by atoms with Crippen LogP contribution < -0.4 is 5.14 Å². The Bertz CT molecular complexity index is 417. The zero-order chi connectivity index (χ0) is 13.7. The monoisotopic (exact) mass is 499 g/mol. The van der Waals surface area contributed by atoms with Gasteiger partial charge in [-0.15, -0.1) is 0 Å². The molecule has 0 radical (unpaired) electrons. The summed E-state index contributed by atoms with van der Waals surface area (Å²) in [5, 5.41) is 4.88. The van der Waals surface area contributed by atoms with Gasteiger partial charge in [-0.3, -0.25) is 9.80 Å². The Morgan fingerprint density at radius 3 is 2.28 bits per heavy atom. The molecule has 8 heteroatoms. The van der Waals surface area contributed by atoms with Gasteiger partial charge in [0.2, 0.25) is 10.0 Å². The Labute approximate surface area is 136 Å². The largest absolute Gasteiger partial charge is 0.286 e. The smallest absolute Gasteiger partial charge is 0.214 e. The second-order valence-electron chi connectivity index (χ2n) is 5.26. The lowest BCUT2D eigenvalue weighted by atomic mass is 10.1. The minimum atomic E-state index is -3.41. The van der Waals surface area contributed by atoms with Crippen molar-refractivity contribution in [3.8, 4) is 0 Å². The number of rotatable bonds is 3. The first-order valence-corrected chi connectivity index (χ1v) is 10.1. The highest BCUT2D eigenvalue weighted by atomic mass is 127. The van der Waals surface area contributed by atoms with Crippen molar-refractivity contribution in [3.63, 3.8) is 0 Å². The van der Waals surface area contributed by atoms with Crippen LogP contribution in [0.5, 0.6) is 0 Å². The average Bonchev–Trinajstić information content (AvgIpc) is 2.57. The van der Waals surface area contributed by atoms with E-state index in [9.17, 15) is 8.42 Å². The maximum Gasteiger partial charge on any atom is 0.214 e. The van der Waals surface area contributed by atoms with Gasteiger partial charge in [-0.25, -0.2) is 13.6 Å². The third kappa shape index (κ3) is 2.83. The van der Waals surface area contributed by atoms with Gasteiger partial charge in [0.05, 0.1) is 8.10 Å². The van der Waals surface area contributed by atoms with Gasteiger partial charge in [0.15, 0.2) is 0 Å². The lowest BCUT2D eigenvalue weighted by Gasteiger charge is -2.52. The van der Waals surface area contributed by atoms with Crippen molar-refractivity contribution < 1.29 is 8.42 Å². The summed E-state index contributed by atoms with van der Waals surface area (Å²) in [5.41, 5.74) is 0. The second-order valence-corrected chi connectivity index (χ2v) is 9.59. The Morgan fingerprint density at radius 2 is 1.89 bits per heavy atom. The average molecular weight is 499 g/mol.